The molecular weight excluding hydrogens is 457 g/mol. The van der Waals surface area contributed by atoms with Gasteiger partial charge in [0, 0.05) is 12.6 Å². The Morgan fingerprint density at radius 1 is 1.15 bits per heavy atom. The van der Waals surface area contributed by atoms with E-state index < -0.39 is 23.6 Å². The van der Waals surface area contributed by atoms with Gasteiger partial charge in [-0.05, 0) is 55.7 Å². The summed E-state index contributed by atoms with van der Waals surface area (Å²) in [6.07, 6.45) is 2.02. The van der Waals surface area contributed by atoms with Crippen molar-refractivity contribution in [2.45, 2.75) is 70.8 Å². The van der Waals surface area contributed by atoms with Crippen LogP contribution in [0.15, 0.2) is 30.3 Å². The van der Waals surface area contributed by atoms with Gasteiger partial charge in [-0.25, -0.2) is 10.3 Å². The van der Waals surface area contributed by atoms with Crippen LogP contribution in [0.4, 0.5) is 13.2 Å². The molecule has 0 saturated heterocycles. The van der Waals surface area contributed by atoms with Crippen LogP contribution in [0.25, 0.3) is 6.08 Å². The molecule has 2 rings (SSSR count). The fraction of sp³-hybridized carbons (Fsp3) is 0.522. The smallest absolute Gasteiger partial charge is 0.475 e. The SMILES string of the molecule is CC(C)[C@@](C)(NCc1ccc(/C=C/C(=O)NO)cc1)C(=O)OC1CCCC1.O=C(O)C(F)(F)F. The van der Waals surface area contributed by atoms with Gasteiger partial charge in [0.2, 0.25) is 0 Å². The lowest BCUT2D eigenvalue weighted by atomic mass is 9.88. The molecule has 0 spiro atoms. The molecule has 1 aliphatic rings. The van der Waals surface area contributed by atoms with Crippen molar-refractivity contribution in [2.24, 2.45) is 5.92 Å². The number of rotatable bonds is 8. The molecule has 0 radical (unpaired) electrons. The number of carbonyl (C=O) groups excluding carboxylic acids is 2. The maximum Gasteiger partial charge on any atom is 0.490 e. The van der Waals surface area contributed by atoms with E-state index in [4.69, 9.17) is 19.8 Å². The number of carboxylic acids is 1. The molecular formula is C23H31F3N2O6. The van der Waals surface area contributed by atoms with Gasteiger partial charge in [0.1, 0.15) is 11.6 Å². The molecule has 0 heterocycles. The van der Waals surface area contributed by atoms with Crippen molar-refractivity contribution in [3.05, 3.63) is 41.5 Å². The minimum Gasteiger partial charge on any atom is -0.475 e. The molecule has 34 heavy (non-hydrogen) atoms. The number of alkyl halides is 3. The number of ether oxygens (including phenoxy) is 1. The molecule has 1 fully saturated rings. The molecule has 1 amide bonds. The van der Waals surface area contributed by atoms with E-state index in [-0.39, 0.29) is 18.0 Å². The standard InChI is InChI=1S/C21H30N2O4.C2HF3O2/c1-15(2)21(3,20(25)27-18-6-4-5-7-18)22-14-17-10-8-16(9-11-17)12-13-19(24)23-26;3-2(4,5)1(6)7/h8-13,15,18,22,26H,4-7,14H2,1-3H3,(H,23,24);(H,6,7)/b13-12+;/t21-;/m1./s1. The molecule has 0 aromatic heterocycles. The summed E-state index contributed by atoms with van der Waals surface area (Å²) >= 11 is 0. The first-order valence-corrected chi connectivity index (χ1v) is 10.8. The van der Waals surface area contributed by atoms with E-state index in [0.717, 1.165) is 36.8 Å². The Bertz CT molecular complexity index is 849. The minimum absolute atomic E-state index is 0.0552. The Morgan fingerprint density at radius 2 is 1.68 bits per heavy atom. The predicted octanol–water partition coefficient (Wildman–Crippen LogP) is 3.83. The van der Waals surface area contributed by atoms with Crippen LogP contribution in [0.5, 0.6) is 0 Å². The fourth-order valence-electron chi connectivity index (χ4n) is 3.03. The lowest BCUT2D eigenvalue weighted by molar-refractivity contribution is -0.192. The summed E-state index contributed by atoms with van der Waals surface area (Å²) in [4.78, 5) is 32.7. The summed E-state index contributed by atoms with van der Waals surface area (Å²) in [5, 5.41) is 19.0. The zero-order valence-corrected chi connectivity index (χ0v) is 19.3. The van der Waals surface area contributed by atoms with E-state index >= 15 is 0 Å². The predicted molar refractivity (Wildman–Crippen MR) is 118 cm³/mol. The average molecular weight is 489 g/mol. The van der Waals surface area contributed by atoms with E-state index in [1.54, 1.807) is 11.6 Å². The highest BCUT2D eigenvalue weighted by molar-refractivity contribution is 5.90. The molecule has 4 N–H and O–H groups in total. The van der Waals surface area contributed by atoms with Gasteiger partial charge in [-0.2, -0.15) is 13.2 Å². The van der Waals surface area contributed by atoms with Crippen LogP contribution in [0.1, 0.15) is 57.6 Å². The van der Waals surface area contributed by atoms with Crippen molar-refractivity contribution in [2.75, 3.05) is 0 Å². The second-order valence-electron chi connectivity index (χ2n) is 8.38. The van der Waals surface area contributed by atoms with Crippen molar-refractivity contribution < 1.29 is 42.6 Å². The lowest BCUT2D eigenvalue weighted by Crippen LogP contribution is -2.54. The molecule has 0 bridgehead atoms. The minimum atomic E-state index is -5.08. The van der Waals surface area contributed by atoms with Gasteiger partial charge in [-0.1, -0.05) is 38.1 Å². The van der Waals surface area contributed by atoms with Crippen LogP contribution in [-0.2, 0) is 25.7 Å². The number of hydroxylamine groups is 1. The maximum atomic E-state index is 12.8. The molecule has 1 aromatic carbocycles. The highest BCUT2D eigenvalue weighted by Crippen LogP contribution is 2.26. The van der Waals surface area contributed by atoms with Crippen molar-refractivity contribution in [1.82, 2.24) is 10.8 Å². The van der Waals surface area contributed by atoms with Gasteiger partial charge in [-0.3, -0.25) is 20.1 Å². The van der Waals surface area contributed by atoms with Crippen LogP contribution in [-0.4, -0.2) is 46.0 Å². The number of carbonyl (C=O) groups is 3. The number of hydrogen-bond acceptors (Lipinski definition) is 6. The third kappa shape index (κ3) is 9.52. The molecule has 1 saturated carbocycles. The van der Waals surface area contributed by atoms with E-state index in [1.165, 1.54) is 6.08 Å². The van der Waals surface area contributed by atoms with Crippen LogP contribution in [0, 0.1) is 5.92 Å². The van der Waals surface area contributed by atoms with E-state index in [0.29, 0.717) is 6.54 Å². The molecule has 1 atom stereocenters. The Hall–Kier alpha value is -2.92. The number of amides is 1. The largest absolute Gasteiger partial charge is 0.490 e. The second kappa shape index (κ2) is 13.1. The van der Waals surface area contributed by atoms with E-state index in [1.807, 2.05) is 45.0 Å². The first kappa shape index (κ1) is 29.1. The molecule has 1 aromatic rings. The van der Waals surface area contributed by atoms with Crippen molar-refractivity contribution in [3.63, 3.8) is 0 Å². The molecule has 8 nitrogen and oxygen atoms in total. The van der Waals surface area contributed by atoms with Gasteiger partial charge in [-0.15, -0.1) is 0 Å². The average Bonchev–Trinajstić information content (AvgIpc) is 3.29. The summed E-state index contributed by atoms with van der Waals surface area (Å²) in [5.74, 6) is -3.42. The fourth-order valence-corrected chi connectivity index (χ4v) is 3.03. The quantitative estimate of drug-likeness (QED) is 0.190. The molecule has 190 valence electrons. The summed E-state index contributed by atoms with van der Waals surface area (Å²) in [5.41, 5.74) is 2.67. The number of aliphatic carboxylic acids is 1. The second-order valence-corrected chi connectivity index (χ2v) is 8.38. The highest BCUT2D eigenvalue weighted by atomic mass is 19.4. The van der Waals surface area contributed by atoms with Crippen molar-refractivity contribution in [1.29, 1.82) is 0 Å². The van der Waals surface area contributed by atoms with Gasteiger partial charge in [0.05, 0.1) is 0 Å². The zero-order valence-electron chi connectivity index (χ0n) is 19.3. The van der Waals surface area contributed by atoms with Crippen molar-refractivity contribution >= 4 is 23.9 Å². The number of hydrogen-bond donors (Lipinski definition) is 4. The van der Waals surface area contributed by atoms with Gasteiger partial charge in [0.25, 0.3) is 5.91 Å². The third-order valence-corrected chi connectivity index (χ3v) is 5.57. The van der Waals surface area contributed by atoms with Gasteiger partial charge < -0.3 is 9.84 Å². The Balaban J connectivity index is 0.000000718. The van der Waals surface area contributed by atoms with Crippen LogP contribution in [0.3, 0.4) is 0 Å². The third-order valence-electron chi connectivity index (χ3n) is 5.57. The summed E-state index contributed by atoms with van der Waals surface area (Å²) in [6.45, 7) is 6.47. The van der Waals surface area contributed by atoms with Gasteiger partial charge in [0.15, 0.2) is 0 Å². The number of nitrogens with one attached hydrogen (secondary N) is 2. The maximum absolute atomic E-state index is 12.8. The summed E-state index contributed by atoms with van der Waals surface area (Å²) in [6, 6.07) is 7.63. The molecule has 0 unspecified atom stereocenters. The van der Waals surface area contributed by atoms with E-state index in [9.17, 15) is 22.8 Å². The number of carboxylic acid groups (broad SMARTS) is 1. The topological polar surface area (TPSA) is 125 Å². The lowest BCUT2D eigenvalue weighted by Gasteiger charge is -2.33. The number of esters is 1. The molecule has 0 aliphatic heterocycles. The Morgan fingerprint density at radius 3 is 2.12 bits per heavy atom. The van der Waals surface area contributed by atoms with Crippen LogP contribution >= 0.6 is 0 Å². The van der Waals surface area contributed by atoms with Crippen LogP contribution < -0.4 is 10.8 Å². The van der Waals surface area contributed by atoms with Gasteiger partial charge >= 0.3 is 18.1 Å². The monoisotopic (exact) mass is 488 g/mol. The van der Waals surface area contributed by atoms with Crippen molar-refractivity contribution in [3.8, 4) is 0 Å². The zero-order chi connectivity index (χ0) is 25.9. The Labute approximate surface area is 196 Å². The normalized spacial score (nSPS) is 16.0. The first-order chi connectivity index (χ1) is 15.8. The van der Waals surface area contributed by atoms with E-state index in [2.05, 4.69) is 5.32 Å². The van der Waals surface area contributed by atoms with Crippen LogP contribution in [0.2, 0.25) is 0 Å². The summed E-state index contributed by atoms with van der Waals surface area (Å²) in [7, 11) is 0. The Kier molecular flexibility index (Phi) is 11.2. The number of halogens is 3. The number of benzene rings is 1. The first-order valence-electron chi connectivity index (χ1n) is 10.8. The highest BCUT2D eigenvalue weighted by Gasteiger charge is 2.39. The summed E-state index contributed by atoms with van der Waals surface area (Å²) < 4.78 is 37.5. The molecule has 11 heteroatoms. The molecule has 1 aliphatic carbocycles.